The second-order valence-corrected chi connectivity index (χ2v) is 8.08. The number of hydrogen-bond acceptors (Lipinski definition) is 3. The van der Waals surface area contributed by atoms with Crippen LogP contribution in [0.15, 0.2) is 65.6 Å². The summed E-state index contributed by atoms with van der Waals surface area (Å²) in [6.45, 7) is 8.29. The van der Waals surface area contributed by atoms with Crippen LogP contribution in [-0.4, -0.2) is 15.5 Å². The van der Waals surface area contributed by atoms with E-state index in [1.807, 2.05) is 70.2 Å². The second-order valence-electron chi connectivity index (χ2n) is 8.08. The normalized spacial score (nSPS) is 11.0. The number of anilines is 1. The van der Waals surface area contributed by atoms with Crippen molar-refractivity contribution in [3.8, 4) is 0 Å². The SMILES string of the molecule is Cc1ccc(Cn2c(=O)c(C(=O)Nc3c(C)cc(C)cc3C)cc3cccnc32)cc1. The van der Waals surface area contributed by atoms with Gasteiger partial charge in [-0.05, 0) is 62.6 Å². The van der Waals surface area contributed by atoms with Gasteiger partial charge in [0, 0.05) is 17.3 Å². The van der Waals surface area contributed by atoms with Gasteiger partial charge in [-0.3, -0.25) is 14.2 Å². The fourth-order valence-electron chi connectivity index (χ4n) is 3.95. The van der Waals surface area contributed by atoms with E-state index in [4.69, 9.17) is 0 Å². The number of aromatic nitrogens is 2. The topological polar surface area (TPSA) is 64.0 Å². The van der Waals surface area contributed by atoms with Crippen LogP contribution >= 0.6 is 0 Å². The molecule has 0 saturated carbocycles. The summed E-state index contributed by atoms with van der Waals surface area (Å²) in [6.07, 6.45) is 1.66. The van der Waals surface area contributed by atoms with Crippen molar-refractivity contribution < 1.29 is 4.79 Å². The van der Waals surface area contributed by atoms with E-state index in [2.05, 4.69) is 10.3 Å². The third-order valence-electron chi connectivity index (χ3n) is 5.47. The van der Waals surface area contributed by atoms with E-state index in [1.165, 1.54) is 0 Å². The van der Waals surface area contributed by atoms with Crippen LogP contribution < -0.4 is 10.9 Å². The molecule has 0 radical (unpaired) electrons. The molecule has 0 bridgehead atoms. The van der Waals surface area contributed by atoms with E-state index in [1.54, 1.807) is 22.9 Å². The lowest BCUT2D eigenvalue weighted by molar-refractivity contribution is 0.102. The lowest BCUT2D eigenvalue weighted by atomic mass is 10.0. The van der Waals surface area contributed by atoms with Crippen LogP contribution in [0.2, 0.25) is 0 Å². The first-order valence-electron chi connectivity index (χ1n) is 10.3. The van der Waals surface area contributed by atoms with Crippen LogP contribution in [0.25, 0.3) is 11.0 Å². The number of hydrogen-bond donors (Lipinski definition) is 1. The van der Waals surface area contributed by atoms with Gasteiger partial charge in [0.25, 0.3) is 11.5 Å². The minimum absolute atomic E-state index is 0.104. The number of carbonyl (C=O) groups is 1. The third-order valence-corrected chi connectivity index (χ3v) is 5.47. The Labute approximate surface area is 181 Å². The Bertz CT molecular complexity index is 1330. The maximum atomic E-state index is 13.4. The van der Waals surface area contributed by atoms with Gasteiger partial charge in [-0.15, -0.1) is 0 Å². The molecule has 5 nitrogen and oxygen atoms in total. The molecule has 0 spiro atoms. The quantitative estimate of drug-likeness (QED) is 0.518. The Balaban J connectivity index is 1.80. The molecular weight excluding hydrogens is 386 g/mol. The molecule has 0 aliphatic rings. The molecule has 2 aromatic heterocycles. The number of nitrogens with one attached hydrogen (secondary N) is 1. The predicted molar refractivity (Wildman–Crippen MR) is 125 cm³/mol. The maximum Gasteiger partial charge on any atom is 0.265 e. The van der Waals surface area contributed by atoms with E-state index in [9.17, 15) is 9.59 Å². The van der Waals surface area contributed by atoms with Gasteiger partial charge in [-0.25, -0.2) is 4.98 Å². The number of benzene rings is 2. The standard InChI is InChI=1S/C26H25N3O2/c1-16-7-9-20(10-8-16)15-29-24-21(6-5-11-27-24)14-22(26(29)31)25(30)28-23-18(3)12-17(2)13-19(23)4/h5-14H,15H2,1-4H3,(H,28,30). The Morgan fingerprint density at radius 1 is 0.935 bits per heavy atom. The molecule has 31 heavy (non-hydrogen) atoms. The van der Waals surface area contributed by atoms with Crippen molar-refractivity contribution in [3.63, 3.8) is 0 Å². The zero-order valence-electron chi connectivity index (χ0n) is 18.2. The summed E-state index contributed by atoms with van der Waals surface area (Å²) < 4.78 is 1.57. The number of amides is 1. The van der Waals surface area contributed by atoms with Crippen LogP contribution in [-0.2, 0) is 6.54 Å². The fraction of sp³-hybridized carbons (Fsp3) is 0.192. The Hall–Kier alpha value is -3.73. The number of rotatable bonds is 4. The summed E-state index contributed by atoms with van der Waals surface area (Å²) in [4.78, 5) is 31.0. The molecule has 0 fully saturated rings. The Morgan fingerprint density at radius 2 is 1.61 bits per heavy atom. The highest BCUT2D eigenvalue weighted by Crippen LogP contribution is 2.23. The summed E-state index contributed by atoms with van der Waals surface area (Å²) in [5, 5.41) is 3.70. The van der Waals surface area contributed by atoms with Crippen LogP contribution in [0, 0.1) is 27.7 Å². The molecular formula is C26H25N3O2. The molecule has 2 heterocycles. The average Bonchev–Trinajstić information content (AvgIpc) is 2.73. The van der Waals surface area contributed by atoms with E-state index in [0.29, 0.717) is 12.2 Å². The van der Waals surface area contributed by atoms with Gasteiger partial charge in [0.05, 0.1) is 6.54 Å². The largest absolute Gasteiger partial charge is 0.321 e. The Kier molecular flexibility index (Phi) is 5.42. The third kappa shape index (κ3) is 4.12. The molecule has 5 heteroatoms. The minimum atomic E-state index is -0.413. The number of carbonyl (C=O) groups excluding carboxylic acids is 1. The molecule has 0 aliphatic heterocycles. The summed E-state index contributed by atoms with van der Waals surface area (Å²) >= 11 is 0. The van der Waals surface area contributed by atoms with Crippen molar-refractivity contribution in [2.24, 2.45) is 0 Å². The van der Waals surface area contributed by atoms with Gasteiger partial charge in [-0.1, -0.05) is 47.5 Å². The van der Waals surface area contributed by atoms with Gasteiger partial charge >= 0.3 is 0 Å². The second kappa shape index (κ2) is 8.19. The monoisotopic (exact) mass is 411 g/mol. The van der Waals surface area contributed by atoms with Crippen molar-refractivity contribution in [2.75, 3.05) is 5.32 Å². The van der Waals surface area contributed by atoms with Crippen molar-refractivity contribution in [1.29, 1.82) is 0 Å². The van der Waals surface area contributed by atoms with Gasteiger partial charge in [0.1, 0.15) is 11.2 Å². The van der Waals surface area contributed by atoms with Gasteiger partial charge < -0.3 is 5.32 Å². The van der Waals surface area contributed by atoms with Crippen molar-refractivity contribution >= 4 is 22.6 Å². The minimum Gasteiger partial charge on any atom is -0.321 e. The smallest absolute Gasteiger partial charge is 0.265 e. The lowest BCUT2D eigenvalue weighted by Crippen LogP contribution is -2.30. The first-order valence-corrected chi connectivity index (χ1v) is 10.3. The highest BCUT2D eigenvalue weighted by molar-refractivity contribution is 6.06. The molecule has 0 unspecified atom stereocenters. The van der Waals surface area contributed by atoms with Crippen LogP contribution in [0.3, 0.4) is 0 Å². The van der Waals surface area contributed by atoms with E-state index in [0.717, 1.165) is 38.9 Å². The number of aryl methyl sites for hydroxylation is 4. The predicted octanol–water partition coefficient (Wildman–Crippen LogP) is 4.93. The van der Waals surface area contributed by atoms with Crippen molar-refractivity contribution in [3.05, 3.63) is 105 Å². The van der Waals surface area contributed by atoms with Gasteiger partial charge in [0.15, 0.2) is 0 Å². The van der Waals surface area contributed by atoms with Crippen LogP contribution in [0.4, 0.5) is 5.69 Å². The van der Waals surface area contributed by atoms with Crippen molar-refractivity contribution in [2.45, 2.75) is 34.2 Å². The zero-order chi connectivity index (χ0) is 22.1. The first-order chi connectivity index (χ1) is 14.8. The average molecular weight is 412 g/mol. The fourth-order valence-corrected chi connectivity index (χ4v) is 3.95. The molecule has 1 N–H and O–H groups in total. The molecule has 156 valence electrons. The molecule has 4 aromatic rings. The molecule has 1 amide bonds. The van der Waals surface area contributed by atoms with Crippen LogP contribution in [0.1, 0.15) is 38.2 Å². The lowest BCUT2D eigenvalue weighted by Gasteiger charge is -2.15. The number of fused-ring (bicyclic) bond motifs is 1. The van der Waals surface area contributed by atoms with E-state index >= 15 is 0 Å². The molecule has 0 atom stereocenters. The summed E-state index contributed by atoms with van der Waals surface area (Å²) in [6, 6.07) is 17.3. The maximum absolute atomic E-state index is 13.4. The highest BCUT2D eigenvalue weighted by Gasteiger charge is 2.18. The molecule has 2 aromatic carbocycles. The number of nitrogens with zero attached hydrogens (tertiary/aromatic N) is 2. The Morgan fingerprint density at radius 3 is 2.29 bits per heavy atom. The summed E-state index contributed by atoms with van der Waals surface area (Å²) in [7, 11) is 0. The molecule has 0 saturated heterocycles. The van der Waals surface area contributed by atoms with Gasteiger partial charge in [0.2, 0.25) is 0 Å². The molecule has 0 aliphatic carbocycles. The first kappa shape index (κ1) is 20.5. The van der Waals surface area contributed by atoms with Crippen LogP contribution in [0.5, 0.6) is 0 Å². The summed E-state index contributed by atoms with van der Waals surface area (Å²) in [5.41, 5.74) is 6.24. The van der Waals surface area contributed by atoms with Crippen molar-refractivity contribution in [1.82, 2.24) is 9.55 Å². The van der Waals surface area contributed by atoms with E-state index in [-0.39, 0.29) is 11.1 Å². The number of pyridine rings is 2. The highest BCUT2D eigenvalue weighted by atomic mass is 16.2. The zero-order valence-corrected chi connectivity index (χ0v) is 18.2. The van der Waals surface area contributed by atoms with E-state index < -0.39 is 5.91 Å². The summed E-state index contributed by atoms with van der Waals surface area (Å²) in [5.74, 6) is -0.413. The van der Waals surface area contributed by atoms with Gasteiger partial charge in [-0.2, -0.15) is 0 Å². The molecule has 4 rings (SSSR count).